The van der Waals surface area contributed by atoms with Crippen LogP contribution in [0.25, 0.3) is 0 Å². The molecule has 0 heterocycles. The molecule has 0 aliphatic rings. The van der Waals surface area contributed by atoms with Crippen LogP contribution in [0, 0.1) is 23.1 Å². The predicted molar refractivity (Wildman–Crippen MR) is 68.3 cm³/mol. The molecule has 0 saturated heterocycles. The first-order chi connectivity index (χ1) is 8.12. The highest BCUT2D eigenvalue weighted by molar-refractivity contribution is 5.49. The predicted octanol–water partition coefficient (Wildman–Crippen LogP) is 3.93. The Kier molecular flexibility index (Phi) is 4.96. The van der Waals surface area contributed by atoms with Gasteiger partial charge < -0.3 is 5.32 Å². The minimum Gasteiger partial charge on any atom is -0.380 e. The van der Waals surface area contributed by atoms with Gasteiger partial charge in [0, 0.05) is 6.04 Å². The molecule has 17 heavy (non-hydrogen) atoms. The van der Waals surface area contributed by atoms with Gasteiger partial charge in [-0.3, -0.25) is 0 Å². The second-order valence-electron chi connectivity index (χ2n) is 4.32. The highest BCUT2D eigenvalue weighted by Gasteiger charge is 2.14. The summed E-state index contributed by atoms with van der Waals surface area (Å²) >= 11 is 0. The molecule has 92 valence electrons. The Morgan fingerprint density at radius 2 is 2.00 bits per heavy atom. The Balaban J connectivity index is 2.78. The maximum absolute atomic E-state index is 13.7. The standard InChI is InChI=1S/C14H19FN2/c1-4-12(5-2)10(3)17-14-7-6-11(9-16)8-13(14)15/h6-8,10,12,17H,4-5H2,1-3H3. The van der Waals surface area contributed by atoms with E-state index in [-0.39, 0.29) is 11.9 Å². The van der Waals surface area contributed by atoms with Crippen LogP contribution in [-0.4, -0.2) is 6.04 Å². The molecule has 0 radical (unpaired) electrons. The molecule has 1 atom stereocenters. The lowest BCUT2D eigenvalue weighted by molar-refractivity contribution is 0.436. The Labute approximate surface area is 102 Å². The molecule has 0 spiro atoms. The lowest BCUT2D eigenvalue weighted by Gasteiger charge is -2.23. The molecule has 1 N–H and O–H groups in total. The minimum absolute atomic E-state index is 0.229. The Morgan fingerprint density at radius 1 is 1.35 bits per heavy atom. The summed E-state index contributed by atoms with van der Waals surface area (Å²) in [7, 11) is 0. The van der Waals surface area contributed by atoms with Gasteiger partial charge in [0.2, 0.25) is 0 Å². The van der Waals surface area contributed by atoms with E-state index in [4.69, 9.17) is 5.26 Å². The number of hydrogen-bond donors (Lipinski definition) is 1. The number of halogens is 1. The van der Waals surface area contributed by atoms with Crippen LogP contribution in [0.2, 0.25) is 0 Å². The molecule has 0 aliphatic carbocycles. The van der Waals surface area contributed by atoms with Crippen molar-refractivity contribution < 1.29 is 4.39 Å². The molecule has 0 amide bonds. The zero-order valence-electron chi connectivity index (χ0n) is 10.6. The van der Waals surface area contributed by atoms with Gasteiger partial charge in [-0.2, -0.15) is 5.26 Å². The SMILES string of the molecule is CCC(CC)C(C)Nc1ccc(C#N)cc1F. The smallest absolute Gasteiger partial charge is 0.147 e. The summed E-state index contributed by atoms with van der Waals surface area (Å²) in [4.78, 5) is 0. The fraction of sp³-hybridized carbons (Fsp3) is 0.500. The number of anilines is 1. The third-order valence-corrected chi connectivity index (χ3v) is 3.24. The van der Waals surface area contributed by atoms with E-state index < -0.39 is 0 Å². The first kappa shape index (κ1) is 13.5. The first-order valence-corrected chi connectivity index (χ1v) is 6.08. The quantitative estimate of drug-likeness (QED) is 0.837. The number of benzene rings is 1. The van der Waals surface area contributed by atoms with E-state index in [0.29, 0.717) is 17.2 Å². The van der Waals surface area contributed by atoms with Crippen molar-refractivity contribution in [3.05, 3.63) is 29.6 Å². The second kappa shape index (κ2) is 6.24. The van der Waals surface area contributed by atoms with E-state index in [2.05, 4.69) is 26.1 Å². The second-order valence-corrected chi connectivity index (χ2v) is 4.32. The molecular formula is C14H19FN2. The van der Waals surface area contributed by atoms with E-state index in [1.54, 1.807) is 12.1 Å². The largest absolute Gasteiger partial charge is 0.380 e. The average Bonchev–Trinajstić information content (AvgIpc) is 2.33. The van der Waals surface area contributed by atoms with Crippen LogP contribution in [-0.2, 0) is 0 Å². The topological polar surface area (TPSA) is 35.8 Å². The van der Waals surface area contributed by atoms with E-state index in [9.17, 15) is 4.39 Å². The highest BCUT2D eigenvalue weighted by Crippen LogP contribution is 2.21. The Morgan fingerprint density at radius 3 is 2.47 bits per heavy atom. The number of hydrogen-bond acceptors (Lipinski definition) is 2. The molecule has 1 unspecified atom stereocenters. The normalized spacial score (nSPS) is 12.2. The molecule has 1 aromatic rings. The lowest BCUT2D eigenvalue weighted by atomic mass is 9.95. The number of nitrogens with zero attached hydrogens (tertiary/aromatic N) is 1. The van der Waals surface area contributed by atoms with Gasteiger partial charge in [0.05, 0.1) is 17.3 Å². The van der Waals surface area contributed by atoms with Crippen LogP contribution < -0.4 is 5.32 Å². The molecule has 3 heteroatoms. The van der Waals surface area contributed by atoms with E-state index in [1.165, 1.54) is 6.07 Å². The number of nitriles is 1. The Hall–Kier alpha value is -1.56. The summed E-state index contributed by atoms with van der Waals surface area (Å²) in [5.41, 5.74) is 0.826. The van der Waals surface area contributed by atoms with E-state index in [0.717, 1.165) is 12.8 Å². The molecule has 1 rings (SSSR count). The van der Waals surface area contributed by atoms with Crippen LogP contribution in [0.4, 0.5) is 10.1 Å². The van der Waals surface area contributed by atoms with Crippen molar-refractivity contribution in [2.45, 2.75) is 39.7 Å². The summed E-state index contributed by atoms with van der Waals surface area (Å²) in [5.74, 6) is 0.173. The van der Waals surface area contributed by atoms with Crippen LogP contribution >= 0.6 is 0 Å². The summed E-state index contributed by atoms with van der Waals surface area (Å²) in [6.45, 7) is 6.35. The lowest BCUT2D eigenvalue weighted by Crippen LogP contribution is -2.25. The zero-order valence-corrected chi connectivity index (χ0v) is 10.6. The number of nitrogens with one attached hydrogen (secondary N) is 1. The summed E-state index contributed by atoms with van der Waals surface area (Å²) < 4.78 is 13.7. The van der Waals surface area contributed by atoms with Crippen molar-refractivity contribution in [3.63, 3.8) is 0 Å². The summed E-state index contributed by atoms with van der Waals surface area (Å²) in [5, 5.41) is 11.8. The van der Waals surface area contributed by atoms with Gasteiger partial charge in [0.1, 0.15) is 5.82 Å². The van der Waals surface area contributed by atoms with Crippen molar-refractivity contribution >= 4 is 5.69 Å². The molecule has 0 fully saturated rings. The zero-order chi connectivity index (χ0) is 12.8. The van der Waals surface area contributed by atoms with Gasteiger partial charge in [-0.15, -0.1) is 0 Å². The fourth-order valence-corrected chi connectivity index (χ4v) is 2.06. The first-order valence-electron chi connectivity index (χ1n) is 6.08. The van der Waals surface area contributed by atoms with Crippen LogP contribution in [0.5, 0.6) is 0 Å². The third-order valence-electron chi connectivity index (χ3n) is 3.24. The maximum Gasteiger partial charge on any atom is 0.147 e. The van der Waals surface area contributed by atoms with Gasteiger partial charge in [0.15, 0.2) is 0 Å². The van der Waals surface area contributed by atoms with Crippen molar-refractivity contribution in [2.75, 3.05) is 5.32 Å². The molecule has 0 saturated carbocycles. The molecule has 0 aliphatic heterocycles. The average molecular weight is 234 g/mol. The monoisotopic (exact) mass is 234 g/mol. The van der Waals surface area contributed by atoms with Crippen molar-refractivity contribution in [1.29, 1.82) is 5.26 Å². The van der Waals surface area contributed by atoms with Gasteiger partial charge in [-0.1, -0.05) is 26.7 Å². The molecule has 0 bridgehead atoms. The van der Waals surface area contributed by atoms with Gasteiger partial charge in [-0.05, 0) is 31.0 Å². The van der Waals surface area contributed by atoms with Gasteiger partial charge in [0.25, 0.3) is 0 Å². The summed E-state index contributed by atoms with van der Waals surface area (Å²) in [6.07, 6.45) is 2.14. The summed E-state index contributed by atoms with van der Waals surface area (Å²) in [6, 6.07) is 6.68. The van der Waals surface area contributed by atoms with Gasteiger partial charge in [-0.25, -0.2) is 4.39 Å². The minimum atomic E-state index is -0.359. The highest BCUT2D eigenvalue weighted by atomic mass is 19.1. The van der Waals surface area contributed by atoms with Crippen molar-refractivity contribution in [3.8, 4) is 6.07 Å². The molecular weight excluding hydrogens is 215 g/mol. The van der Waals surface area contributed by atoms with Crippen molar-refractivity contribution in [2.24, 2.45) is 5.92 Å². The molecule has 1 aromatic carbocycles. The van der Waals surface area contributed by atoms with Crippen LogP contribution in [0.1, 0.15) is 39.2 Å². The molecule has 2 nitrogen and oxygen atoms in total. The van der Waals surface area contributed by atoms with Crippen LogP contribution in [0.3, 0.4) is 0 Å². The van der Waals surface area contributed by atoms with E-state index >= 15 is 0 Å². The third kappa shape index (κ3) is 3.45. The Bertz CT molecular complexity index is 405. The number of rotatable bonds is 5. The van der Waals surface area contributed by atoms with E-state index in [1.807, 2.05) is 6.07 Å². The van der Waals surface area contributed by atoms with Crippen LogP contribution in [0.15, 0.2) is 18.2 Å². The van der Waals surface area contributed by atoms with Gasteiger partial charge >= 0.3 is 0 Å². The van der Waals surface area contributed by atoms with Crippen molar-refractivity contribution in [1.82, 2.24) is 0 Å². The fourth-order valence-electron chi connectivity index (χ4n) is 2.06. The maximum atomic E-state index is 13.7. The molecule has 0 aromatic heterocycles.